The Bertz CT molecular complexity index is 641. The van der Waals surface area contributed by atoms with Crippen LogP contribution in [0.2, 0.25) is 0 Å². The molecule has 1 heterocycles. The molecule has 0 amide bonds. The Balaban J connectivity index is 2.21. The topological polar surface area (TPSA) is 12.5 Å². The number of fused-ring (bicyclic) bond motifs is 3. The van der Waals surface area contributed by atoms with E-state index in [0.717, 1.165) is 30.1 Å². The SMILES string of the molecule is CCN(CC)C1=COc2ccccc2-c2ccccc21. The van der Waals surface area contributed by atoms with E-state index in [1.807, 2.05) is 18.4 Å². The van der Waals surface area contributed by atoms with Crippen molar-refractivity contribution in [2.45, 2.75) is 13.8 Å². The van der Waals surface area contributed by atoms with E-state index in [-0.39, 0.29) is 0 Å². The van der Waals surface area contributed by atoms with Gasteiger partial charge >= 0.3 is 0 Å². The minimum absolute atomic E-state index is 0.919. The summed E-state index contributed by atoms with van der Waals surface area (Å²) in [7, 11) is 0. The minimum Gasteiger partial charge on any atom is -0.462 e. The standard InChI is InChI=1S/C18H19NO/c1-3-19(4-2)17-13-20-18-12-8-7-11-16(18)14-9-5-6-10-15(14)17/h5-13H,3-4H2,1-2H3. The van der Waals surface area contributed by atoms with Gasteiger partial charge in [-0.3, -0.25) is 0 Å². The van der Waals surface area contributed by atoms with Crippen LogP contribution >= 0.6 is 0 Å². The van der Waals surface area contributed by atoms with E-state index in [0.29, 0.717) is 0 Å². The van der Waals surface area contributed by atoms with Crippen LogP contribution in [0.3, 0.4) is 0 Å². The van der Waals surface area contributed by atoms with E-state index < -0.39 is 0 Å². The fourth-order valence-corrected chi connectivity index (χ4v) is 2.73. The third-order valence-corrected chi connectivity index (χ3v) is 3.78. The zero-order chi connectivity index (χ0) is 13.9. The third kappa shape index (κ3) is 2.07. The zero-order valence-electron chi connectivity index (χ0n) is 12.0. The van der Waals surface area contributed by atoms with Crippen molar-refractivity contribution in [2.75, 3.05) is 13.1 Å². The number of hydrogen-bond acceptors (Lipinski definition) is 2. The van der Waals surface area contributed by atoms with Crippen molar-refractivity contribution >= 4 is 5.70 Å². The average Bonchev–Trinajstić information content (AvgIpc) is 2.67. The smallest absolute Gasteiger partial charge is 0.134 e. The number of nitrogens with zero attached hydrogens (tertiary/aromatic N) is 1. The van der Waals surface area contributed by atoms with Gasteiger partial charge in [0.1, 0.15) is 12.0 Å². The van der Waals surface area contributed by atoms with Crippen LogP contribution in [0.5, 0.6) is 5.75 Å². The molecule has 1 aliphatic rings. The second-order valence-electron chi connectivity index (χ2n) is 4.83. The lowest BCUT2D eigenvalue weighted by atomic mass is 9.97. The van der Waals surface area contributed by atoms with Crippen molar-refractivity contribution < 1.29 is 4.74 Å². The molecule has 0 aliphatic carbocycles. The summed E-state index contributed by atoms with van der Waals surface area (Å²) in [4.78, 5) is 2.32. The summed E-state index contributed by atoms with van der Waals surface area (Å²) in [5.41, 5.74) is 4.78. The third-order valence-electron chi connectivity index (χ3n) is 3.78. The molecular weight excluding hydrogens is 246 g/mol. The highest BCUT2D eigenvalue weighted by Gasteiger charge is 2.19. The molecular formula is C18H19NO. The van der Waals surface area contributed by atoms with Gasteiger partial charge in [0.2, 0.25) is 0 Å². The Labute approximate surface area is 120 Å². The molecule has 2 heteroatoms. The molecule has 0 saturated carbocycles. The summed E-state index contributed by atoms with van der Waals surface area (Å²) in [6.07, 6.45) is 1.89. The summed E-state index contributed by atoms with van der Waals surface area (Å²) < 4.78 is 5.92. The fraction of sp³-hybridized carbons (Fsp3) is 0.222. The van der Waals surface area contributed by atoms with Crippen LogP contribution in [-0.4, -0.2) is 18.0 Å². The van der Waals surface area contributed by atoms with Crippen LogP contribution in [0, 0.1) is 0 Å². The summed E-state index contributed by atoms with van der Waals surface area (Å²) in [6, 6.07) is 16.7. The molecule has 0 saturated heterocycles. The molecule has 0 bridgehead atoms. The number of ether oxygens (including phenoxy) is 1. The van der Waals surface area contributed by atoms with Crippen LogP contribution in [0.15, 0.2) is 54.8 Å². The Kier molecular flexibility index (Phi) is 3.46. The molecule has 20 heavy (non-hydrogen) atoms. The van der Waals surface area contributed by atoms with E-state index in [1.165, 1.54) is 11.1 Å². The van der Waals surface area contributed by atoms with Crippen LogP contribution in [-0.2, 0) is 0 Å². The Morgan fingerprint density at radius 2 is 1.40 bits per heavy atom. The molecule has 0 N–H and O–H groups in total. The first-order chi connectivity index (χ1) is 9.85. The van der Waals surface area contributed by atoms with Gasteiger partial charge in [0.25, 0.3) is 0 Å². The van der Waals surface area contributed by atoms with Gasteiger partial charge in [-0.25, -0.2) is 0 Å². The van der Waals surface area contributed by atoms with Crippen LogP contribution in [0.1, 0.15) is 19.4 Å². The summed E-state index contributed by atoms with van der Waals surface area (Å²) in [6.45, 7) is 6.28. The predicted molar refractivity (Wildman–Crippen MR) is 83.4 cm³/mol. The zero-order valence-corrected chi connectivity index (χ0v) is 12.0. The molecule has 0 unspecified atom stereocenters. The highest BCUT2D eigenvalue weighted by molar-refractivity contribution is 5.84. The highest BCUT2D eigenvalue weighted by Crippen LogP contribution is 2.38. The van der Waals surface area contributed by atoms with Gasteiger partial charge in [-0.1, -0.05) is 42.5 Å². The molecule has 0 spiro atoms. The van der Waals surface area contributed by atoms with Crippen molar-refractivity contribution in [1.82, 2.24) is 4.90 Å². The maximum absolute atomic E-state index is 5.92. The van der Waals surface area contributed by atoms with Crippen LogP contribution in [0.25, 0.3) is 16.8 Å². The average molecular weight is 265 g/mol. The van der Waals surface area contributed by atoms with Crippen molar-refractivity contribution in [3.8, 4) is 16.9 Å². The Morgan fingerprint density at radius 1 is 0.800 bits per heavy atom. The van der Waals surface area contributed by atoms with Gasteiger partial charge in [0, 0.05) is 24.2 Å². The molecule has 1 aliphatic heterocycles. The number of benzene rings is 2. The molecule has 2 aromatic rings. The minimum atomic E-state index is 0.919. The van der Waals surface area contributed by atoms with Crippen molar-refractivity contribution in [3.63, 3.8) is 0 Å². The molecule has 2 nitrogen and oxygen atoms in total. The van der Waals surface area contributed by atoms with Gasteiger partial charge < -0.3 is 9.64 Å². The first-order valence-corrected chi connectivity index (χ1v) is 7.15. The lowest BCUT2D eigenvalue weighted by Gasteiger charge is -2.24. The van der Waals surface area contributed by atoms with E-state index >= 15 is 0 Å². The van der Waals surface area contributed by atoms with Gasteiger partial charge in [-0.05, 0) is 25.5 Å². The second kappa shape index (κ2) is 5.41. The van der Waals surface area contributed by atoms with Crippen molar-refractivity contribution in [1.29, 1.82) is 0 Å². The van der Waals surface area contributed by atoms with Crippen LogP contribution in [0.4, 0.5) is 0 Å². The normalized spacial score (nSPS) is 12.6. The van der Waals surface area contributed by atoms with Crippen molar-refractivity contribution in [2.24, 2.45) is 0 Å². The molecule has 2 aromatic carbocycles. The van der Waals surface area contributed by atoms with E-state index in [9.17, 15) is 0 Å². The predicted octanol–water partition coefficient (Wildman–Crippen LogP) is 4.39. The highest BCUT2D eigenvalue weighted by atomic mass is 16.5. The van der Waals surface area contributed by atoms with Gasteiger partial charge in [-0.2, -0.15) is 0 Å². The molecule has 102 valence electrons. The number of para-hydroxylation sites is 1. The van der Waals surface area contributed by atoms with E-state index in [2.05, 4.69) is 55.1 Å². The second-order valence-corrected chi connectivity index (χ2v) is 4.83. The van der Waals surface area contributed by atoms with Crippen LogP contribution < -0.4 is 4.74 Å². The first kappa shape index (κ1) is 12.8. The molecule has 3 rings (SSSR count). The molecule has 0 radical (unpaired) electrons. The van der Waals surface area contributed by atoms with Gasteiger partial charge in [-0.15, -0.1) is 0 Å². The fourth-order valence-electron chi connectivity index (χ4n) is 2.73. The first-order valence-electron chi connectivity index (χ1n) is 7.15. The molecule has 0 aromatic heterocycles. The lowest BCUT2D eigenvalue weighted by Crippen LogP contribution is -2.21. The molecule has 0 atom stereocenters. The summed E-state index contributed by atoms with van der Waals surface area (Å²) >= 11 is 0. The van der Waals surface area contributed by atoms with E-state index in [1.54, 1.807) is 0 Å². The summed E-state index contributed by atoms with van der Waals surface area (Å²) in [5.74, 6) is 0.919. The molecule has 0 fully saturated rings. The monoisotopic (exact) mass is 265 g/mol. The Morgan fingerprint density at radius 3 is 2.10 bits per heavy atom. The lowest BCUT2D eigenvalue weighted by molar-refractivity contribution is 0.417. The Hall–Kier alpha value is -2.22. The maximum atomic E-state index is 5.92. The number of hydrogen-bond donors (Lipinski definition) is 0. The summed E-state index contributed by atoms with van der Waals surface area (Å²) in [5, 5.41) is 0. The van der Waals surface area contributed by atoms with Crippen molar-refractivity contribution in [3.05, 3.63) is 60.4 Å². The largest absolute Gasteiger partial charge is 0.462 e. The van der Waals surface area contributed by atoms with Gasteiger partial charge in [0.15, 0.2) is 0 Å². The van der Waals surface area contributed by atoms with Gasteiger partial charge in [0.05, 0.1) is 5.70 Å². The number of rotatable bonds is 3. The maximum Gasteiger partial charge on any atom is 0.134 e. The van der Waals surface area contributed by atoms with E-state index in [4.69, 9.17) is 4.74 Å². The quantitative estimate of drug-likeness (QED) is 0.816.